The van der Waals surface area contributed by atoms with Crippen molar-refractivity contribution >= 4 is 0 Å². The Bertz CT molecular complexity index is 328. The Morgan fingerprint density at radius 1 is 1.31 bits per heavy atom. The lowest BCUT2D eigenvalue weighted by Gasteiger charge is -2.17. The van der Waals surface area contributed by atoms with E-state index >= 15 is 0 Å². The fraction of sp³-hybridized carbons (Fsp3) is 0.538. The summed E-state index contributed by atoms with van der Waals surface area (Å²) in [4.78, 5) is 2.10. The summed E-state index contributed by atoms with van der Waals surface area (Å²) < 4.78 is 13.1. The van der Waals surface area contributed by atoms with E-state index in [-0.39, 0.29) is 5.75 Å². The highest BCUT2D eigenvalue weighted by Gasteiger charge is 2.08. The highest BCUT2D eigenvalue weighted by atomic mass is 19.1. The van der Waals surface area contributed by atoms with Crippen LogP contribution in [-0.2, 0) is 6.54 Å². The van der Waals surface area contributed by atoms with Gasteiger partial charge in [0.25, 0.3) is 0 Å². The molecule has 0 unspecified atom stereocenters. The van der Waals surface area contributed by atoms with E-state index in [0.29, 0.717) is 12.1 Å². The van der Waals surface area contributed by atoms with Crippen LogP contribution < -0.4 is 0 Å². The zero-order valence-electron chi connectivity index (χ0n) is 10.0. The highest BCUT2D eigenvalue weighted by Crippen LogP contribution is 2.21. The van der Waals surface area contributed by atoms with Crippen LogP contribution in [0.1, 0.15) is 31.7 Å². The first-order valence-corrected chi connectivity index (χ1v) is 5.80. The second-order valence-corrected chi connectivity index (χ2v) is 4.19. The second kappa shape index (κ2) is 6.48. The van der Waals surface area contributed by atoms with Gasteiger partial charge in [-0.25, -0.2) is 4.39 Å². The molecule has 0 spiro atoms. The van der Waals surface area contributed by atoms with Crippen LogP contribution in [0, 0.1) is 5.82 Å². The Morgan fingerprint density at radius 2 is 2.06 bits per heavy atom. The lowest BCUT2D eigenvalue weighted by atomic mass is 10.1. The second-order valence-electron chi connectivity index (χ2n) is 4.19. The van der Waals surface area contributed by atoms with Gasteiger partial charge in [0.2, 0.25) is 0 Å². The molecule has 0 bridgehead atoms. The van der Waals surface area contributed by atoms with Crippen LogP contribution in [0.5, 0.6) is 5.75 Å². The molecule has 2 nitrogen and oxygen atoms in total. The maximum atomic E-state index is 13.1. The average molecular weight is 225 g/mol. The van der Waals surface area contributed by atoms with Crippen molar-refractivity contribution in [3.63, 3.8) is 0 Å². The molecule has 1 rings (SSSR count). The van der Waals surface area contributed by atoms with Gasteiger partial charge >= 0.3 is 0 Å². The summed E-state index contributed by atoms with van der Waals surface area (Å²) in [5.41, 5.74) is 0.652. The summed E-state index contributed by atoms with van der Waals surface area (Å²) in [5.74, 6) is -0.760. The molecular formula is C13H20FNO. The third-order valence-corrected chi connectivity index (χ3v) is 2.65. The molecule has 0 saturated heterocycles. The normalized spacial score (nSPS) is 11.0. The Balaban J connectivity index is 2.49. The quantitative estimate of drug-likeness (QED) is 0.752. The van der Waals surface area contributed by atoms with Gasteiger partial charge in [0.15, 0.2) is 11.6 Å². The first-order chi connectivity index (χ1) is 7.65. The number of aromatic hydroxyl groups is 1. The van der Waals surface area contributed by atoms with Crippen LogP contribution in [0.4, 0.5) is 4.39 Å². The molecule has 0 saturated carbocycles. The number of rotatable bonds is 6. The molecule has 0 fully saturated rings. The summed E-state index contributed by atoms with van der Waals surface area (Å²) in [6.07, 6.45) is 3.54. The maximum Gasteiger partial charge on any atom is 0.165 e. The van der Waals surface area contributed by atoms with Crippen LogP contribution in [-0.4, -0.2) is 23.6 Å². The molecule has 90 valence electrons. The number of halogens is 1. The van der Waals surface area contributed by atoms with Gasteiger partial charge in [-0.05, 0) is 26.1 Å². The molecule has 3 heteroatoms. The van der Waals surface area contributed by atoms with Crippen molar-refractivity contribution < 1.29 is 9.50 Å². The molecule has 1 aromatic rings. The van der Waals surface area contributed by atoms with E-state index in [1.165, 1.54) is 18.9 Å². The van der Waals surface area contributed by atoms with Crippen LogP contribution in [0.3, 0.4) is 0 Å². The molecule has 1 aromatic carbocycles. The number of phenols is 1. The van der Waals surface area contributed by atoms with Gasteiger partial charge in [-0.2, -0.15) is 0 Å². The van der Waals surface area contributed by atoms with Gasteiger partial charge in [-0.15, -0.1) is 0 Å². The Kier molecular flexibility index (Phi) is 5.26. The molecule has 0 heterocycles. The standard InChI is InChI=1S/C13H20FNO/c1-3-4-5-9-15(2)10-11-7-6-8-12(14)13(11)16/h6-8,16H,3-5,9-10H2,1-2H3. The number of hydrogen-bond donors (Lipinski definition) is 1. The number of nitrogens with zero attached hydrogens (tertiary/aromatic N) is 1. The fourth-order valence-corrected chi connectivity index (χ4v) is 1.69. The van der Waals surface area contributed by atoms with Gasteiger partial charge in [-0.1, -0.05) is 31.9 Å². The van der Waals surface area contributed by atoms with Crippen LogP contribution in [0.15, 0.2) is 18.2 Å². The summed E-state index contributed by atoms with van der Waals surface area (Å²) in [6, 6.07) is 4.66. The largest absolute Gasteiger partial charge is 0.505 e. The molecule has 16 heavy (non-hydrogen) atoms. The SMILES string of the molecule is CCCCCN(C)Cc1cccc(F)c1O. The predicted molar refractivity (Wildman–Crippen MR) is 63.9 cm³/mol. The summed E-state index contributed by atoms with van der Waals surface area (Å²) in [7, 11) is 1.99. The van der Waals surface area contributed by atoms with Crippen molar-refractivity contribution in [2.24, 2.45) is 0 Å². The van der Waals surface area contributed by atoms with Crippen molar-refractivity contribution in [1.29, 1.82) is 0 Å². The Labute approximate surface area is 96.7 Å². The zero-order chi connectivity index (χ0) is 12.0. The lowest BCUT2D eigenvalue weighted by Crippen LogP contribution is -2.19. The van der Waals surface area contributed by atoms with Gasteiger partial charge in [0, 0.05) is 12.1 Å². The minimum atomic E-state index is -0.542. The van der Waals surface area contributed by atoms with Gasteiger partial charge < -0.3 is 10.0 Å². The van der Waals surface area contributed by atoms with E-state index in [4.69, 9.17) is 0 Å². The number of phenolic OH excluding ortho intramolecular Hbond substituents is 1. The van der Waals surface area contributed by atoms with E-state index in [1.807, 2.05) is 7.05 Å². The first kappa shape index (κ1) is 13.0. The van der Waals surface area contributed by atoms with Crippen molar-refractivity contribution in [2.75, 3.05) is 13.6 Å². The molecule has 1 N–H and O–H groups in total. The van der Waals surface area contributed by atoms with Crippen molar-refractivity contribution in [3.8, 4) is 5.75 Å². The number of benzene rings is 1. The highest BCUT2D eigenvalue weighted by molar-refractivity contribution is 5.33. The van der Waals surface area contributed by atoms with Crippen LogP contribution in [0.25, 0.3) is 0 Å². The summed E-state index contributed by atoms with van der Waals surface area (Å²) in [6.45, 7) is 3.73. The van der Waals surface area contributed by atoms with E-state index in [0.717, 1.165) is 13.0 Å². The van der Waals surface area contributed by atoms with Crippen LogP contribution >= 0.6 is 0 Å². The first-order valence-electron chi connectivity index (χ1n) is 5.80. The van der Waals surface area contributed by atoms with Crippen molar-refractivity contribution in [1.82, 2.24) is 4.90 Å². The molecule has 0 aliphatic rings. The van der Waals surface area contributed by atoms with Gasteiger partial charge in [-0.3, -0.25) is 0 Å². The summed E-state index contributed by atoms with van der Waals surface area (Å²) >= 11 is 0. The monoisotopic (exact) mass is 225 g/mol. The smallest absolute Gasteiger partial charge is 0.165 e. The zero-order valence-corrected chi connectivity index (χ0v) is 10.0. The Hall–Kier alpha value is -1.09. The third-order valence-electron chi connectivity index (χ3n) is 2.65. The van der Waals surface area contributed by atoms with Crippen molar-refractivity contribution in [2.45, 2.75) is 32.7 Å². The molecular weight excluding hydrogens is 205 g/mol. The number of para-hydroxylation sites is 1. The van der Waals surface area contributed by atoms with Crippen LogP contribution in [0.2, 0.25) is 0 Å². The van der Waals surface area contributed by atoms with E-state index in [1.54, 1.807) is 12.1 Å². The van der Waals surface area contributed by atoms with Gasteiger partial charge in [0.05, 0.1) is 0 Å². The predicted octanol–water partition coefficient (Wildman–Crippen LogP) is 3.15. The van der Waals surface area contributed by atoms with E-state index in [9.17, 15) is 9.50 Å². The fourth-order valence-electron chi connectivity index (χ4n) is 1.69. The minimum absolute atomic E-state index is 0.218. The molecule has 0 aliphatic heterocycles. The van der Waals surface area contributed by atoms with E-state index < -0.39 is 5.82 Å². The minimum Gasteiger partial charge on any atom is -0.505 e. The molecule has 0 amide bonds. The Morgan fingerprint density at radius 3 is 2.75 bits per heavy atom. The van der Waals surface area contributed by atoms with E-state index in [2.05, 4.69) is 11.8 Å². The lowest BCUT2D eigenvalue weighted by molar-refractivity contribution is 0.309. The number of unbranched alkanes of at least 4 members (excludes halogenated alkanes) is 2. The maximum absolute atomic E-state index is 13.1. The van der Waals surface area contributed by atoms with Crippen molar-refractivity contribution in [3.05, 3.63) is 29.6 Å². The molecule has 0 aromatic heterocycles. The number of hydrogen-bond acceptors (Lipinski definition) is 2. The summed E-state index contributed by atoms with van der Waals surface area (Å²) in [5, 5.41) is 9.52. The third kappa shape index (κ3) is 3.81. The molecule has 0 aliphatic carbocycles. The molecule has 0 atom stereocenters. The van der Waals surface area contributed by atoms with Gasteiger partial charge in [0.1, 0.15) is 0 Å². The molecule has 0 radical (unpaired) electrons. The average Bonchev–Trinajstić information content (AvgIpc) is 2.25. The topological polar surface area (TPSA) is 23.5 Å².